The summed E-state index contributed by atoms with van der Waals surface area (Å²) >= 11 is 0. The van der Waals surface area contributed by atoms with Crippen LogP contribution in [0.2, 0.25) is 0 Å². The van der Waals surface area contributed by atoms with Crippen LogP contribution in [-0.2, 0) is 17.8 Å². The lowest BCUT2D eigenvalue weighted by Crippen LogP contribution is -2.45. The molecule has 0 aromatic carbocycles. The van der Waals surface area contributed by atoms with E-state index >= 15 is 0 Å². The van der Waals surface area contributed by atoms with Gasteiger partial charge in [-0.25, -0.2) is 4.98 Å². The number of rotatable bonds is 4. The molecule has 0 saturated carbocycles. The summed E-state index contributed by atoms with van der Waals surface area (Å²) in [4.78, 5) is 6.74. The van der Waals surface area contributed by atoms with E-state index in [-0.39, 0.29) is 6.10 Å². The van der Waals surface area contributed by atoms with Crippen LogP contribution in [0.5, 0.6) is 0 Å². The Morgan fingerprint density at radius 3 is 3.25 bits per heavy atom. The number of imidazole rings is 1. The van der Waals surface area contributed by atoms with E-state index in [1.165, 1.54) is 0 Å². The van der Waals surface area contributed by atoms with Crippen LogP contribution in [0.15, 0.2) is 12.4 Å². The van der Waals surface area contributed by atoms with Gasteiger partial charge in [-0.3, -0.25) is 4.90 Å². The molecule has 0 spiro atoms. The lowest BCUT2D eigenvalue weighted by atomic mass is 10.2. The molecule has 2 rings (SSSR count). The highest BCUT2D eigenvalue weighted by Gasteiger charge is 2.20. The fourth-order valence-corrected chi connectivity index (χ4v) is 2.05. The molecule has 5 heteroatoms. The molecular formula is C11H20N4O. The van der Waals surface area contributed by atoms with Crippen molar-refractivity contribution in [2.24, 2.45) is 5.73 Å². The summed E-state index contributed by atoms with van der Waals surface area (Å²) in [5.74, 6) is 1.13. The Labute approximate surface area is 96.2 Å². The molecule has 1 aromatic heterocycles. The van der Waals surface area contributed by atoms with Gasteiger partial charge in [-0.2, -0.15) is 0 Å². The predicted molar refractivity (Wildman–Crippen MR) is 62.0 cm³/mol. The van der Waals surface area contributed by atoms with Crippen LogP contribution in [-0.4, -0.2) is 46.8 Å². The van der Waals surface area contributed by atoms with Crippen molar-refractivity contribution in [2.45, 2.75) is 26.1 Å². The Morgan fingerprint density at radius 2 is 2.50 bits per heavy atom. The van der Waals surface area contributed by atoms with E-state index in [9.17, 15) is 0 Å². The Kier molecular flexibility index (Phi) is 3.93. The van der Waals surface area contributed by atoms with Gasteiger partial charge in [0.1, 0.15) is 5.82 Å². The molecule has 0 radical (unpaired) electrons. The standard InChI is InChI=1S/C11H20N4O/c1-2-15-4-3-13-11(15)9-14-5-6-16-10(7-12)8-14/h3-4,10H,2,5-9,12H2,1H3. The van der Waals surface area contributed by atoms with Gasteiger partial charge in [0.15, 0.2) is 0 Å². The van der Waals surface area contributed by atoms with Gasteiger partial charge in [0.2, 0.25) is 0 Å². The lowest BCUT2D eigenvalue weighted by molar-refractivity contribution is -0.0270. The maximum atomic E-state index is 5.62. The fourth-order valence-electron chi connectivity index (χ4n) is 2.05. The molecular weight excluding hydrogens is 204 g/mol. The zero-order valence-corrected chi connectivity index (χ0v) is 9.80. The molecule has 16 heavy (non-hydrogen) atoms. The Hall–Kier alpha value is -0.910. The Morgan fingerprint density at radius 1 is 1.62 bits per heavy atom. The topological polar surface area (TPSA) is 56.3 Å². The smallest absolute Gasteiger partial charge is 0.122 e. The highest BCUT2D eigenvalue weighted by atomic mass is 16.5. The second kappa shape index (κ2) is 5.43. The second-order valence-electron chi connectivity index (χ2n) is 4.09. The third-order valence-electron chi connectivity index (χ3n) is 2.99. The summed E-state index contributed by atoms with van der Waals surface area (Å²) in [6.07, 6.45) is 4.06. The van der Waals surface area contributed by atoms with Gasteiger partial charge >= 0.3 is 0 Å². The second-order valence-corrected chi connectivity index (χ2v) is 4.09. The number of ether oxygens (including phenoxy) is 1. The minimum atomic E-state index is 0.179. The molecule has 1 fully saturated rings. The van der Waals surface area contributed by atoms with Crippen molar-refractivity contribution in [1.82, 2.24) is 14.5 Å². The van der Waals surface area contributed by atoms with Crippen LogP contribution in [0, 0.1) is 0 Å². The molecule has 1 aliphatic heterocycles. The van der Waals surface area contributed by atoms with Gasteiger partial charge in [0.25, 0.3) is 0 Å². The van der Waals surface area contributed by atoms with Gasteiger partial charge in [-0.1, -0.05) is 0 Å². The molecule has 0 aliphatic carbocycles. The van der Waals surface area contributed by atoms with Gasteiger partial charge in [-0.15, -0.1) is 0 Å². The van der Waals surface area contributed by atoms with Crippen molar-refractivity contribution in [3.63, 3.8) is 0 Å². The monoisotopic (exact) mass is 224 g/mol. The van der Waals surface area contributed by atoms with Crippen molar-refractivity contribution < 1.29 is 4.74 Å². The summed E-state index contributed by atoms with van der Waals surface area (Å²) in [7, 11) is 0. The van der Waals surface area contributed by atoms with Crippen LogP contribution >= 0.6 is 0 Å². The summed E-state index contributed by atoms with van der Waals surface area (Å²) in [6, 6.07) is 0. The first-order valence-electron chi connectivity index (χ1n) is 5.87. The number of nitrogens with zero attached hydrogens (tertiary/aromatic N) is 3. The van der Waals surface area contributed by atoms with Crippen molar-refractivity contribution in [3.05, 3.63) is 18.2 Å². The molecule has 5 nitrogen and oxygen atoms in total. The molecule has 1 aliphatic rings. The molecule has 0 bridgehead atoms. The van der Waals surface area contributed by atoms with Crippen LogP contribution in [0.4, 0.5) is 0 Å². The predicted octanol–water partition coefficient (Wildman–Crippen LogP) is 0.0625. The average Bonchev–Trinajstić information content (AvgIpc) is 2.76. The van der Waals surface area contributed by atoms with Crippen LogP contribution in [0.1, 0.15) is 12.7 Å². The molecule has 0 amide bonds. The van der Waals surface area contributed by atoms with Gasteiger partial charge < -0.3 is 15.0 Å². The molecule has 1 saturated heterocycles. The van der Waals surface area contributed by atoms with E-state index in [1.54, 1.807) is 0 Å². The maximum absolute atomic E-state index is 5.62. The maximum Gasteiger partial charge on any atom is 0.122 e. The fraction of sp³-hybridized carbons (Fsp3) is 0.727. The first-order valence-corrected chi connectivity index (χ1v) is 5.87. The Bertz CT molecular complexity index is 326. The van der Waals surface area contributed by atoms with E-state index in [4.69, 9.17) is 10.5 Å². The first kappa shape index (κ1) is 11.6. The van der Waals surface area contributed by atoms with Crippen LogP contribution in [0.3, 0.4) is 0 Å². The highest BCUT2D eigenvalue weighted by molar-refractivity contribution is 4.92. The molecule has 2 N–H and O–H groups in total. The minimum Gasteiger partial charge on any atom is -0.374 e. The van der Waals surface area contributed by atoms with Crippen molar-refractivity contribution in [1.29, 1.82) is 0 Å². The van der Waals surface area contributed by atoms with Crippen molar-refractivity contribution in [2.75, 3.05) is 26.2 Å². The minimum absolute atomic E-state index is 0.179. The number of aromatic nitrogens is 2. The summed E-state index contributed by atoms with van der Waals surface area (Å²) < 4.78 is 7.71. The zero-order chi connectivity index (χ0) is 11.4. The van der Waals surface area contributed by atoms with Crippen molar-refractivity contribution >= 4 is 0 Å². The normalized spacial score (nSPS) is 22.5. The quantitative estimate of drug-likeness (QED) is 0.786. The van der Waals surface area contributed by atoms with E-state index in [0.717, 1.165) is 38.6 Å². The SMILES string of the molecule is CCn1ccnc1CN1CCOC(CN)C1. The van der Waals surface area contributed by atoms with E-state index < -0.39 is 0 Å². The summed E-state index contributed by atoms with van der Waals surface area (Å²) in [5, 5.41) is 0. The van der Waals surface area contributed by atoms with Crippen molar-refractivity contribution in [3.8, 4) is 0 Å². The van der Waals surface area contributed by atoms with Gasteiger partial charge in [0, 0.05) is 38.6 Å². The third-order valence-corrected chi connectivity index (χ3v) is 2.99. The molecule has 1 unspecified atom stereocenters. The average molecular weight is 224 g/mol. The number of morpholine rings is 1. The molecule has 2 heterocycles. The highest BCUT2D eigenvalue weighted by Crippen LogP contribution is 2.08. The number of hydrogen-bond donors (Lipinski definition) is 1. The van der Waals surface area contributed by atoms with E-state index in [2.05, 4.69) is 21.4 Å². The number of aryl methyl sites for hydroxylation is 1. The third kappa shape index (κ3) is 2.61. The van der Waals surface area contributed by atoms with Crippen LogP contribution in [0.25, 0.3) is 0 Å². The largest absolute Gasteiger partial charge is 0.374 e. The number of hydrogen-bond acceptors (Lipinski definition) is 4. The zero-order valence-electron chi connectivity index (χ0n) is 9.80. The van der Waals surface area contributed by atoms with E-state index in [0.29, 0.717) is 6.54 Å². The van der Waals surface area contributed by atoms with Gasteiger partial charge in [-0.05, 0) is 6.92 Å². The Balaban J connectivity index is 1.93. The van der Waals surface area contributed by atoms with Gasteiger partial charge in [0.05, 0.1) is 19.3 Å². The lowest BCUT2D eigenvalue weighted by Gasteiger charge is -2.32. The van der Waals surface area contributed by atoms with Crippen LogP contribution < -0.4 is 5.73 Å². The molecule has 1 atom stereocenters. The number of nitrogens with two attached hydrogens (primary N) is 1. The first-order chi connectivity index (χ1) is 7.83. The molecule has 1 aromatic rings. The summed E-state index contributed by atoms with van der Waals surface area (Å²) in [5.41, 5.74) is 5.62. The van der Waals surface area contributed by atoms with E-state index in [1.807, 2.05) is 12.4 Å². The molecule has 90 valence electrons. The summed E-state index contributed by atoms with van der Waals surface area (Å²) in [6.45, 7) is 7.24.